The van der Waals surface area contributed by atoms with Crippen LogP contribution >= 0.6 is 0 Å². The van der Waals surface area contributed by atoms with E-state index in [-0.39, 0.29) is 6.04 Å². The first kappa shape index (κ1) is 12.9. The summed E-state index contributed by atoms with van der Waals surface area (Å²) in [4.78, 5) is 4.36. The molecule has 0 radical (unpaired) electrons. The number of rotatable bonds is 4. The smallest absolute Gasteiger partial charge is 0.258 e. The van der Waals surface area contributed by atoms with Crippen LogP contribution in [0.25, 0.3) is 11.5 Å². The molecule has 0 saturated carbocycles. The lowest BCUT2D eigenvalue weighted by atomic mass is 10.1. The highest BCUT2D eigenvalue weighted by molar-refractivity contribution is 5.60. The van der Waals surface area contributed by atoms with Crippen molar-refractivity contribution in [3.8, 4) is 23.0 Å². The topological polar surface area (TPSA) is 83.4 Å². The van der Waals surface area contributed by atoms with Gasteiger partial charge in [-0.15, -0.1) is 0 Å². The minimum absolute atomic E-state index is 0.0562. The van der Waals surface area contributed by atoms with Crippen LogP contribution < -0.4 is 15.2 Å². The molecule has 1 atom stereocenters. The van der Waals surface area contributed by atoms with E-state index in [4.69, 9.17) is 19.7 Å². The monoisotopic (exact) mass is 275 g/mol. The Hall–Kier alpha value is -2.08. The summed E-state index contributed by atoms with van der Waals surface area (Å²) in [5, 5.41) is 3.95. The van der Waals surface area contributed by atoms with Gasteiger partial charge >= 0.3 is 0 Å². The van der Waals surface area contributed by atoms with Gasteiger partial charge in [-0.2, -0.15) is 4.98 Å². The predicted octanol–water partition coefficient (Wildman–Crippen LogP) is 1.79. The van der Waals surface area contributed by atoms with Crippen molar-refractivity contribution in [2.75, 3.05) is 13.2 Å². The van der Waals surface area contributed by atoms with E-state index in [9.17, 15) is 0 Å². The molecule has 2 N–H and O–H groups in total. The lowest BCUT2D eigenvalue weighted by Gasteiger charge is -2.18. The highest BCUT2D eigenvalue weighted by Gasteiger charge is 2.16. The summed E-state index contributed by atoms with van der Waals surface area (Å²) in [7, 11) is 0. The normalized spacial score (nSPS) is 15.1. The van der Waals surface area contributed by atoms with E-state index in [0.29, 0.717) is 37.1 Å². The van der Waals surface area contributed by atoms with Crippen LogP contribution in [0.3, 0.4) is 0 Å². The molecular weight excluding hydrogens is 258 g/mol. The molecule has 6 nitrogen and oxygen atoms in total. The van der Waals surface area contributed by atoms with Crippen LogP contribution in [0.15, 0.2) is 22.7 Å². The Labute approximate surface area is 116 Å². The molecule has 3 rings (SSSR count). The average molecular weight is 275 g/mol. The van der Waals surface area contributed by atoms with Crippen LogP contribution in [0.4, 0.5) is 0 Å². The molecule has 1 aliphatic rings. The second-order valence-electron chi connectivity index (χ2n) is 4.75. The van der Waals surface area contributed by atoms with E-state index in [1.165, 1.54) is 0 Å². The third-order valence-corrected chi connectivity index (χ3v) is 3.23. The quantitative estimate of drug-likeness (QED) is 0.915. The number of nitrogens with two attached hydrogens (primary N) is 1. The first-order chi connectivity index (χ1) is 9.76. The molecule has 0 amide bonds. The Morgan fingerprint density at radius 1 is 1.25 bits per heavy atom. The number of ether oxygens (including phenoxy) is 2. The SMILES string of the molecule is CCC(N)Cc1noc(-c2ccc3c(c2)OCCO3)n1. The Morgan fingerprint density at radius 3 is 2.85 bits per heavy atom. The molecule has 20 heavy (non-hydrogen) atoms. The first-order valence-corrected chi connectivity index (χ1v) is 6.74. The number of benzene rings is 1. The van der Waals surface area contributed by atoms with Crippen LogP contribution in [0.1, 0.15) is 19.2 Å². The molecule has 1 aromatic carbocycles. The largest absolute Gasteiger partial charge is 0.486 e. The summed E-state index contributed by atoms with van der Waals surface area (Å²) in [5.41, 5.74) is 6.70. The Morgan fingerprint density at radius 2 is 2.05 bits per heavy atom. The summed E-state index contributed by atoms with van der Waals surface area (Å²) in [6.45, 7) is 3.16. The standard InChI is InChI=1S/C14H17N3O3/c1-2-10(15)8-13-16-14(20-17-13)9-3-4-11-12(7-9)19-6-5-18-11/h3-4,7,10H,2,5-6,8,15H2,1H3. The molecule has 6 heteroatoms. The van der Waals surface area contributed by atoms with E-state index in [2.05, 4.69) is 10.1 Å². The fourth-order valence-corrected chi connectivity index (χ4v) is 2.01. The number of nitrogens with zero attached hydrogens (tertiary/aromatic N) is 2. The maximum atomic E-state index is 5.89. The van der Waals surface area contributed by atoms with Crippen molar-refractivity contribution >= 4 is 0 Å². The van der Waals surface area contributed by atoms with Crippen LogP contribution in [-0.2, 0) is 6.42 Å². The number of fused-ring (bicyclic) bond motifs is 1. The van der Waals surface area contributed by atoms with Crippen molar-refractivity contribution in [2.45, 2.75) is 25.8 Å². The van der Waals surface area contributed by atoms with Gasteiger partial charge in [-0.1, -0.05) is 12.1 Å². The van der Waals surface area contributed by atoms with Gasteiger partial charge in [-0.25, -0.2) is 0 Å². The maximum Gasteiger partial charge on any atom is 0.258 e. The summed E-state index contributed by atoms with van der Waals surface area (Å²) >= 11 is 0. The van der Waals surface area contributed by atoms with E-state index in [0.717, 1.165) is 17.7 Å². The third-order valence-electron chi connectivity index (χ3n) is 3.23. The summed E-state index contributed by atoms with van der Waals surface area (Å²) in [5.74, 6) is 2.55. The number of aromatic nitrogens is 2. The highest BCUT2D eigenvalue weighted by atomic mass is 16.6. The zero-order valence-electron chi connectivity index (χ0n) is 11.3. The molecule has 0 aliphatic carbocycles. The zero-order chi connectivity index (χ0) is 13.9. The molecular formula is C14H17N3O3. The second-order valence-corrected chi connectivity index (χ2v) is 4.75. The Kier molecular flexibility index (Phi) is 3.56. The molecule has 0 saturated heterocycles. The number of hydrogen-bond acceptors (Lipinski definition) is 6. The van der Waals surface area contributed by atoms with Crippen LogP contribution in [-0.4, -0.2) is 29.4 Å². The number of hydrogen-bond donors (Lipinski definition) is 1. The van der Waals surface area contributed by atoms with Crippen LogP contribution in [0.2, 0.25) is 0 Å². The summed E-state index contributed by atoms with van der Waals surface area (Å²) in [6.07, 6.45) is 1.50. The van der Waals surface area contributed by atoms with Crippen molar-refractivity contribution in [3.05, 3.63) is 24.0 Å². The average Bonchev–Trinajstić information content (AvgIpc) is 2.95. The maximum absolute atomic E-state index is 5.89. The molecule has 1 aliphatic heterocycles. The van der Waals surface area contributed by atoms with Gasteiger partial charge in [-0.3, -0.25) is 0 Å². The Balaban J connectivity index is 1.82. The molecule has 0 fully saturated rings. The van der Waals surface area contributed by atoms with Crippen molar-refractivity contribution < 1.29 is 14.0 Å². The van der Waals surface area contributed by atoms with Gasteiger partial charge in [0.25, 0.3) is 5.89 Å². The van der Waals surface area contributed by atoms with Crippen molar-refractivity contribution in [3.63, 3.8) is 0 Å². The predicted molar refractivity (Wildman–Crippen MR) is 72.7 cm³/mol. The van der Waals surface area contributed by atoms with Gasteiger partial charge < -0.3 is 19.7 Å². The van der Waals surface area contributed by atoms with E-state index >= 15 is 0 Å². The summed E-state index contributed by atoms with van der Waals surface area (Å²) in [6, 6.07) is 5.64. The highest BCUT2D eigenvalue weighted by Crippen LogP contribution is 2.33. The molecule has 2 aromatic rings. The van der Waals surface area contributed by atoms with E-state index in [1.807, 2.05) is 25.1 Å². The van der Waals surface area contributed by atoms with Crippen molar-refractivity contribution in [1.82, 2.24) is 10.1 Å². The van der Waals surface area contributed by atoms with E-state index < -0.39 is 0 Å². The minimum atomic E-state index is 0.0562. The third kappa shape index (κ3) is 2.60. The van der Waals surface area contributed by atoms with Gasteiger partial charge in [0.2, 0.25) is 0 Å². The Bertz CT molecular complexity index is 597. The molecule has 2 heterocycles. The van der Waals surface area contributed by atoms with Crippen LogP contribution in [0.5, 0.6) is 11.5 Å². The first-order valence-electron chi connectivity index (χ1n) is 6.74. The van der Waals surface area contributed by atoms with Gasteiger partial charge in [-0.05, 0) is 24.6 Å². The van der Waals surface area contributed by atoms with E-state index in [1.54, 1.807) is 0 Å². The van der Waals surface area contributed by atoms with Gasteiger partial charge in [0.15, 0.2) is 17.3 Å². The fraction of sp³-hybridized carbons (Fsp3) is 0.429. The summed E-state index contributed by atoms with van der Waals surface area (Å²) < 4.78 is 16.3. The lowest BCUT2D eigenvalue weighted by Crippen LogP contribution is -2.21. The molecule has 0 spiro atoms. The fourth-order valence-electron chi connectivity index (χ4n) is 2.01. The molecule has 0 bridgehead atoms. The molecule has 106 valence electrons. The molecule has 1 aromatic heterocycles. The van der Waals surface area contributed by atoms with Crippen molar-refractivity contribution in [1.29, 1.82) is 0 Å². The zero-order valence-corrected chi connectivity index (χ0v) is 11.3. The van der Waals surface area contributed by atoms with Gasteiger partial charge in [0.05, 0.1) is 0 Å². The van der Waals surface area contributed by atoms with Crippen molar-refractivity contribution in [2.24, 2.45) is 5.73 Å². The second kappa shape index (κ2) is 5.50. The van der Waals surface area contributed by atoms with Crippen LogP contribution in [0, 0.1) is 0 Å². The molecule has 1 unspecified atom stereocenters. The van der Waals surface area contributed by atoms with Gasteiger partial charge in [0, 0.05) is 18.0 Å². The van der Waals surface area contributed by atoms with Gasteiger partial charge in [0.1, 0.15) is 13.2 Å². The lowest BCUT2D eigenvalue weighted by molar-refractivity contribution is 0.171. The minimum Gasteiger partial charge on any atom is -0.486 e.